The van der Waals surface area contributed by atoms with Crippen molar-refractivity contribution < 1.29 is 17.6 Å². The van der Waals surface area contributed by atoms with Crippen molar-refractivity contribution in [3.63, 3.8) is 0 Å². The highest BCUT2D eigenvalue weighted by Crippen LogP contribution is 2.32. The number of nitrogens with zero attached hydrogens (tertiary/aromatic N) is 4. The second kappa shape index (κ2) is 6.52. The zero-order chi connectivity index (χ0) is 17.2. The van der Waals surface area contributed by atoms with Crippen LogP contribution in [-0.4, -0.2) is 19.7 Å². The third kappa shape index (κ3) is 3.35. The molecule has 0 aliphatic carbocycles. The van der Waals surface area contributed by atoms with Crippen LogP contribution in [0, 0.1) is 0 Å². The minimum atomic E-state index is -4.41. The summed E-state index contributed by atoms with van der Waals surface area (Å²) < 4.78 is 44.8. The SMILES string of the molecule is C=CCn1c(Sc2ccc(C(F)(F)F)cn2)nnc1-c1ccco1. The van der Waals surface area contributed by atoms with Crippen molar-refractivity contribution in [1.29, 1.82) is 0 Å². The lowest BCUT2D eigenvalue weighted by Gasteiger charge is -2.07. The summed E-state index contributed by atoms with van der Waals surface area (Å²) in [6, 6.07) is 5.75. The number of furan rings is 1. The van der Waals surface area contributed by atoms with Crippen LogP contribution in [-0.2, 0) is 12.7 Å². The summed E-state index contributed by atoms with van der Waals surface area (Å²) in [5.74, 6) is 1.05. The van der Waals surface area contributed by atoms with Gasteiger partial charge in [0.25, 0.3) is 0 Å². The highest BCUT2D eigenvalue weighted by Gasteiger charge is 2.30. The van der Waals surface area contributed by atoms with Gasteiger partial charge < -0.3 is 4.42 Å². The fourth-order valence-corrected chi connectivity index (χ4v) is 2.73. The predicted octanol–water partition coefficient (Wildman–Crippen LogP) is 4.29. The Hall–Kier alpha value is -2.55. The third-order valence-electron chi connectivity index (χ3n) is 3.03. The van der Waals surface area contributed by atoms with Crippen LogP contribution in [0.25, 0.3) is 11.6 Å². The molecule has 0 saturated heterocycles. The first-order valence-corrected chi connectivity index (χ1v) is 7.60. The highest BCUT2D eigenvalue weighted by atomic mass is 32.2. The molecule has 0 spiro atoms. The maximum Gasteiger partial charge on any atom is 0.417 e. The molecule has 124 valence electrons. The topological polar surface area (TPSA) is 56.7 Å². The van der Waals surface area contributed by atoms with Crippen LogP contribution in [0.4, 0.5) is 13.2 Å². The van der Waals surface area contributed by atoms with Crippen molar-refractivity contribution in [3.05, 3.63) is 54.9 Å². The van der Waals surface area contributed by atoms with Crippen LogP contribution in [0.15, 0.2) is 64.0 Å². The van der Waals surface area contributed by atoms with E-state index in [9.17, 15) is 13.2 Å². The number of allylic oxidation sites excluding steroid dienone is 1. The van der Waals surface area contributed by atoms with Gasteiger partial charge in [-0.1, -0.05) is 6.08 Å². The lowest BCUT2D eigenvalue weighted by Crippen LogP contribution is -2.05. The number of halogens is 3. The highest BCUT2D eigenvalue weighted by molar-refractivity contribution is 7.99. The summed E-state index contributed by atoms with van der Waals surface area (Å²) in [6.45, 7) is 4.11. The van der Waals surface area contributed by atoms with Crippen molar-refractivity contribution in [2.45, 2.75) is 22.9 Å². The Morgan fingerprint density at radius 3 is 2.67 bits per heavy atom. The molecule has 0 N–H and O–H groups in total. The molecule has 0 fully saturated rings. The van der Waals surface area contributed by atoms with Gasteiger partial charge in [0.1, 0.15) is 5.03 Å². The molecule has 9 heteroatoms. The van der Waals surface area contributed by atoms with E-state index in [-0.39, 0.29) is 0 Å². The fraction of sp³-hybridized carbons (Fsp3) is 0.133. The number of aromatic nitrogens is 4. The van der Waals surface area contributed by atoms with E-state index in [1.807, 2.05) is 0 Å². The largest absolute Gasteiger partial charge is 0.461 e. The monoisotopic (exact) mass is 352 g/mol. The summed E-state index contributed by atoms with van der Waals surface area (Å²) >= 11 is 1.11. The Kier molecular flexibility index (Phi) is 4.43. The molecule has 0 saturated carbocycles. The quantitative estimate of drug-likeness (QED) is 0.641. The van der Waals surface area contributed by atoms with Crippen molar-refractivity contribution in [2.75, 3.05) is 0 Å². The second-order valence-corrected chi connectivity index (χ2v) is 5.66. The Morgan fingerprint density at radius 1 is 1.25 bits per heavy atom. The Labute approximate surface area is 139 Å². The van der Waals surface area contributed by atoms with E-state index in [1.165, 1.54) is 12.3 Å². The molecule has 0 atom stereocenters. The van der Waals surface area contributed by atoms with Gasteiger partial charge in [0.15, 0.2) is 10.9 Å². The van der Waals surface area contributed by atoms with E-state index in [4.69, 9.17) is 4.42 Å². The van der Waals surface area contributed by atoms with E-state index in [2.05, 4.69) is 21.8 Å². The van der Waals surface area contributed by atoms with Crippen LogP contribution in [0.3, 0.4) is 0 Å². The zero-order valence-electron chi connectivity index (χ0n) is 12.2. The van der Waals surface area contributed by atoms with Crippen molar-refractivity contribution >= 4 is 11.8 Å². The number of pyridine rings is 1. The van der Waals surface area contributed by atoms with E-state index < -0.39 is 11.7 Å². The molecular formula is C15H11F3N4OS. The Morgan fingerprint density at radius 2 is 2.08 bits per heavy atom. The number of hydrogen-bond acceptors (Lipinski definition) is 5. The third-order valence-corrected chi connectivity index (χ3v) is 3.96. The van der Waals surface area contributed by atoms with Gasteiger partial charge in [-0.25, -0.2) is 4.98 Å². The van der Waals surface area contributed by atoms with Crippen LogP contribution < -0.4 is 0 Å². The van der Waals surface area contributed by atoms with Gasteiger partial charge in [0, 0.05) is 12.7 Å². The Bertz CT molecular complexity index is 826. The van der Waals surface area contributed by atoms with E-state index in [1.54, 1.807) is 22.8 Å². The average molecular weight is 352 g/mol. The summed E-state index contributed by atoms with van der Waals surface area (Å²) in [5, 5.41) is 9.00. The van der Waals surface area contributed by atoms with Gasteiger partial charge in [-0.05, 0) is 36.0 Å². The van der Waals surface area contributed by atoms with E-state index >= 15 is 0 Å². The predicted molar refractivity (Wildman–Crippen MR) is 81.3 cm³/mol. The standard InChI is InChI=1S/C15H11F3N4OS/c1-2-7-22-13(11-4-3-8-23-11)20-21-14(22)24-12-6-5-10(9-19-12)15(16,17)18/h2-6,8-9H,1,7H2. The molecule has 0 aromatic carbocycles. The zero-order valence-corrected chi connectivity index (χ0v) is 13.0. The van der Waals surface area contributed by atoms with Crippen molar-refractivity contribution in [2.24, 2.45) is 0 Å². The van der Waals surface area contributed by atoms with Gasteiger partial charge in [0.2, 0.25) is 5.82 Å². The maximum atomic E-state index is 12.6. The first-order valence-electron chi connectivity index (χ1n) is 6.78. The van der Waals surface area contributed by atoms with Crippen LogP contribution in [0.5, 0.6) is 0 Å². The molecule has 0 unspecified atom stereocenters. The van der Waals surface area contributed by atoms with Crippen LogP contribution >= 0.6 is 11.8 Å². The van der Waals surface area contributed by atoms with Gasteiger partial charge >= 0.3 is 6.18 Å². The van der Waals surface area contributed by atoms with Gasteiger partial charge in [-0.2, -0.15) is 13.2 Å². The summed E-state index contributed by atoms with van der Waals surface area (Å²) in [5.41, 5.74) is -0.796. The molecular weight excluding hydrogens is 341 g/mol. The number of alkyl halides is 3. The molecule has 5 nitrogen and oxygen atoms in total. The van der Waals surface area contributed by atoms with Crippen molar-refractivity contribution in [3.8, 4) is 11.6 Å². The van der Waals surface area contributed by atoms with Gasteiger partial charge in [0.05, 0.1) is 11.8 Å². The van der Waals surface area contributed by atoms with E-state index in [0.29, 0.717) is 28.3 Å². The molecule has 0 amide bonds. The molecule has 0 aliphatic heterocycles. The van der Waals surface area contributed by atoms with Crippen LogP contribution in [0.1, 0.15) is 5.56 Å². The first-order chi connectivity index (χ1) is 11.5. The van der Waals surface area contributed by atoms with Gasteiger partial charge in [-0.15, -0.1) is 16.8 Å². The van der Waals surface area contributed by atoms with Crippen molar-refractivity contribution in [1.82, 2.24) is 19.7 Å². The molecule has 3 aromatic heterocycles. The normalized spacial score (nSPS) is 11.6. The summed E-state index contributed by atoms with van der Waals surface area (Å²) in [4.78, 5) is 3.83. The molecule has 3 rings (SSSR count). The molecule has 24 heavy (non-hydrogen) atoms. The first kappa shape index (κ1) is 16.3. The Balaban J connectivity index is 1.89. The molecule has 0 aliphatic rings. The average Bonchev–Trinajstić information content (AvgIpc) is 3.18. The number of hydrogen-bond donors (Lipinski definition) is 0. The maximum absolute atomic E-state index is 12.6. The molecule has 0 radical (unpaired) electrons. The lowest BCUT2D eigenvalue weighted by molar-refractivity contribution is -0.137. The van der Waals surface area contributed by atoms with Crippen LogP contribution in [0.2, 0.25) is 0 Å². The molecule has 0 bridgehead atoms. The minimum Gasteiger partial charge on any atom is -0.461 e. The van der Waals surface area contributed by atoms with Gasteiger partial charge in [-0.3, -0.25) is 4.57 Å². The second-order valence-electron chi connectivity index (χ2n) is 4.67. The lowest BCUT2D eigenvalue weighted by atomic mass is 10.3. The fourth-order valence-electron chi connectivity index (χ4n) is 1.95. The molecule has 3 heterocycles. The minimum absolute atomic E-state index is 0.381. The molecule has 3 aromatic rings. The van der Waals surface area contributed by atoms with E-state index in [0.717, 1.165) is 24.0 Å². The smallest absolute Gasteiger partial charge is 0.417 e. The number of rotatable bonds is 5. The summed E-state index contributed by atoms with van der Waals surface area (Å²) in [7, 11) is 0. The summed E-state index contributed by atoms with van der Waals surface area (Å²) in [6.07, 6.45) is -0.429.